The maximum atomic E-state index is 12.7. The molecule has 8 heteroatoms. The summed E-state index contributed by atoms with van der Waals surface area (Å²) < 4.78 is 17.9. The largest absolute Gasteiger partial charge is 0.450 e. The highest BCUT2D eigenvalue weighted by Gasteiger charge is 2.24. The third kappa shape index (κ3) is 4.17. The van der Waals surface area contributed by atoms with Crippen molar-refractivity contribution < 1.29 is 23.5 Å². The molecule has 0 radical (unpaired) electrons. The molecule has 0 aliphatic carbocycles. The van der Waals surface area contributed by atoms with Crippen molar-refractivity contribution in [1.82, 2.24) is 4.57 Å². The smallest absolute Gasteiger partial charge is 0.375 e. The minimum atomic E-state index is -0.773. The normalized spacial score (nSPS) is 10.8. The van der Waals surface area contributed by atoms with Crippen LogP contribution in [0.5, 0.6) is 0 Å². The van der Waals surface area contributed by atoms with Gasteiger partial charge in [-0.1, -0.05) is 36.4 Å². The van der Waals surface area contributed by atoms with Crippen molar-refractivity contribution >= 4 is 28.7 Å². The number of amides is 1. The summed E-state index contributed by atoms with van der Waals surface area (Å²) in [6, 6.07) is 18.7. The van der Waals surface area contributed by atoms with Gasteiger partial charge in [-0.25, -0.2) is 4.79 Å². The standard InChI is InChI=1S/C26H23N3O5/c1-16-17(2)29(18-9-5-4-6-10-18)25(20(16)13-27)28-23(30)15-33-26(31)24-21(14-32-3)19-11-7-8-12-22(19)34-24/h4-12H,14-15H2,1-3H3,(H,28,30). The summed E-state index contributed by atoms with van der Waals surface area (Å²) in [5.74, 6) is -1.03. The second kappa shape index (κ2) is 9.65. The van der Waals surface area contributed by atoms with Gasteiger partial charge in [-0.05, 0) is 37.6 Å². The third-order valence-electron chi connectivity index (χ3n) is 5.60. The average molecular weight is 457 g/mol. The topological polar surface area (TPSA) is 106 Å². The van der Waals surface area contributed by atoms with Crippen LogP contribution in [0.1, 0.15) is 32.9 Å². The highest BCUT2D eigenvalue weighted by Crippen LogP contribution is 2.30. The number of anilines is 1. The first-order chi connectivity index (χ1) is 16.5. The van der Waals surface area contributed by atoms with Gasteiger partial charge in [0.15, 0.2) is 6.61 Å². The van der Waals surface area contributed by atoms with Gasteiger partial charge in [0.25, 0.3) is 5.91 Å². The molecule has 4 rings (SSSR count). The van der Waals surface area contributed by atoms with Gasteiger partial charge in [-0.3, -0.25) is 9.36 Å². The molecule has 172 valence electrons. The number of rotatable bonds is 7. The van der Waals surface area contributed by atoms with E-state index >= 15 is 0 Å². The van der Waals surface area contributed by atoms with E-state index in [1.165, 1.54) is 7.11 Å². The monoisotopic (exact) mass is 457 g/mol. The molecule has 0 saturated heterocycles. The Bertz CT molecular complexity index is 1410. The first kappa shape index (κ1) is 22.8. The second-order valence-corrected chi connectivity index (χ2v) is 7.68. The molecular weight excluding hydrogens is 434 g/mol. The molecule has 1 amide bonds. The molecule has 0 fully saturated rings. The predicted molar refractivity (Wildman–Crippen MR) is 126 cm³/mol. The summed E-state index contributed by atoms with van der Waals surface area (Å²) in [5, 5.41) is 13.2. The SMILES string of the molecule is COCc1c(C(=O)OCC(=O)Nc2c(C#N)c(C)c(C)n2-c2ccccc2)oc2ccccc12. The number of nitrogens with one attached hydrogen (secondary N) is 1. The van der Waals surface area contributed by atoms with E-state index in [0.29, 0.717) is 22.5 Å². The number of nitrogens with zero attached hydrogens (tertiary/aromatic N) is 2. The molecule has 2 heterocycles. The molecule has 0 bridgehead atoms. The molecule has 0 aliphatic rings. The van der Waals surface area contributed by atoms with E-state index in [1.54, 1.807) is 16.7 Å². The van der Waals surface area contributed by atoms with E-state index in [0.717, 1.165) is 22.3 Å². The number of nitriles is 1. The van der Waals surface area contributed by atoms with Crippen LogP contribution in [-0.4, -0.2) is 30.2 Å². The van der Waals surface area contributed by atoms with Crippen LogP contribution < -0.4 is 5.32 Å². The molecule has 1 N–H and O–H groups in total. The van der Waals surface area contributed by atoms with E-state index in [9.17, 15) is 14.9 Å². The summed E-state index contributed by atoms with van der Waals surface area (Å²) in [6.45, 7) is 3.30. The molecule has 0 aliphatic heterocycles. The second-order valence-electron chi connectivity index (χ2n) is 7.68. The van der Waals surface area contributed by atoms with Gasteiger partial charge in [0.1, 0.15) is 17.5 Å². The number of ether oxygens (including phenoxy) is 2. The van der Waals surface area contributed by atoms with Crippen molar-refractivity contribution in [1.29, 1.82) is 5.26 Å². The minimum absolute atomic E-state index is 0.00656. The predicted octanol–water partition coefficient (Wildman–Crippen LogP) is 4.65. The van der Waals surface area contributed by atoms with Gasteiger partial charge in [0, 0.05) is 29.4 Å². The third-order valence-corrected chi connectivity index (χ3v) is 5.60. The zero-order chi connectivity index (χ0) is 24.2. The summed E-state index contributed by atoms with van der Waals surface area (Å²) in [4.78, 5) is 25.5. The first-order valence-corrected chi connectivity index (χ1v) is 10.6. The van der Waals surface area contributed by atoms with Crippen LogP contribution in [-0.2, 0) is 20.9 Å². The lowest BCUT2D eigenvalue weighted by Crippen LogP contribution is -2.23. The number of benzene rings is 2. The molecule has 8 nitrogen and oxygen atoms in total. The number of furan rings is 1. The molecule has 0 atom stereocenters. The Balaban J connectivity index is 1.55. The van der Waals surface area contributed by atoms with E-state index in [1.807, 2.05) is 56.3 Å². The zero-order valence-corrected chi connectivity index (χ0v) is 19.0. The molecule has 0 spiro atoms. The number of fused-ring (bicyclic) bond motifs is 1. The Kier molecular flexibility index (Phi) is 6.48. The number of hydrogen-bond donors (Lipinski definition) is 1. The number of hydrogen-bond acceptors (Lipinski definition) is 6. The highest BCUT2D eigenvalue weighted by atomic mass is 16.5. The van der Waals surface area contributed by atoms with Crippen LogP contribution in [0.4, 0.5) is 5.82 Å². The van der Waals surface area contributed by atoms with Gasteiger partial charge in [0.05, 0.1) is 12.2 Å². The van der Waals surface area contributed by atoms with E-state index in [4.69, 9.17) is 13.9 Å². The lowest BCUT2D eigenvalue weighted by Gasteiger charge is -2.13. The first-order valence-electron chi connectivity index (χ1n) is 10.6. The Morgan fingerprint density at radius 3 is 2.50 bits per heavy atom. The Hall–Kier alpha value is -4.35. The number of esters is 1. The van der Waals surface area contributed by atoms with Crippen LogP contribution in [0, 0.1) is 25.2 Å². The fourth-order valence-electron chi connectivity index (χ4n) is 3.88. The summed E-state index contributed by atoms with van der Waals surface area (Å²) in [5.41, 5.74) is 3.80. The molecule has 0 saturated carbocycles. The molecule has 34 heavy (non-hydrogen) atoms. The fraction of sp³-hybridized carbons (Fsp3) is 0.192. The van der Waals surface area contributed by atoms with Crippen molar-refractivity contribution in [3.8, 4) is 11.8 Å². The van der Waals surface area contributed by atoms with Gasteiger partial charge >= 0.3 is 5.97 Å². The lowest BCUT2D eigenvalue weighted by atomic mass is 10.1. The Labute approximate surface area is 196 Å². The average Bonchev–Trinajstić information content (AvgIpc) is 3.33. The van der Waals surface area contributed by atoms with Crippen LogP contribution in [0.3, 0.4) is 0 Å². The Morgan fingerprint density at radius 1 is 1.09 bits per heavy atom. The number of para-hydroxylation sites is 2. The minimum Gasteiger partial charge on any atom is -0.450 e. The van der Waals surface area contributed by atoms with Crippen LogP contribution in [0.25, 0.3) is 16.7 Å². The molecule has 0 unspecified atom stereocenters. The maximum Gasteiger partial charge on any atom is 0.375 e. The van der Waals surface area contributed by atoms with Gasteiger partial charge < -0.3 is 19.2 Å². The number of aromatic nitrogens is 1. The number of carbonyl (C=O) groups is 2. The molecule has 4 aromatic rings. The van der Waals surface area contributed by atoms with Gasteiger partial charge in [-0.15, -0.1) is 0 Å². The summed E-state index contributed by atoms with van der Waals surface area (Å²) in [6.07, 6.45) is 0. The van der Waals surface area contributed by atoms with Crippen molar-refractivity contribution in [2.45, 2.75) is 20.5 Å². The van der Waals surface area contributed by atoms with Crippen molar-refractivity contribution in [3.63, 3.8) is 0 Å². The maximum absolute atomic E-state index is 12.7. The van der Waals surface area contributed by atoms with E-state index in [-0.39, 0.29) is 12.4 Å². The highest BCUT2D eigenvalue weighted by molar-refractivity contribution is 5.98. The number of methoxy groups -OCH3 is 1. The Morgan fingerprint density at radius 2 is 1.79 bits per heavy atom. The van der Waals surface area contributed by atoms with Crippen LogP contribution in [0.15, 0.2) is 59.0 Å². The summed E-state index contributed by atoms with van der Waals surface area (Å²) >= 11 is 0. The molecule has 2 aromatic carbocycles. The van der Waals surface area contributed by atoms with Gasteiger partial charge in [0.2, 0.25) is 5.76 Å². The van der Waals surface area contributed by atoms with Gasteiger partial charge in [-0.2, -0.15) is 5.26 Å². The van der Waals surface area contributed by atoms with Crippen LogP contribution in [0.2, 0.25) is 0 Å². The zero-order valence-electron chi connectivity index (χ0n) is 19.0. The summed E-state index contributed by atoms with van der Waals surface area (Å²) in [7, 11) is 1.52. The van der Waals surface area contributed by atoms with Crippen molar-refractivity contribution in [2.24, 2.45) is 0 Å². The fourth-order valence-corrected chi connectivity index (χ4v) is 3.88. The molecule has 2 aromatic heterocycles. The number of carbonyl (C=O) groups excluding carboxylic acids is 2. The van der Waals surface area contributed by atoms with E-state index in [2.05, 4.69) is 11.4 Å². The quantitative estimate of drug-likeness (QED) is 0.405. The van der Waals surface area contributed by atoms with Crippen molar-refractivity contribution in [2.75, 3.05) is 19.0 Å². The van der Waals surface area contributed by atoms with Crippen molar-refractivity contribution in [3.05, 3.63) is 82.7 Å². The lowest BCUT2D eigenvalue weighted by molar-refractivity contribution is -0.119. The van der Waals surface area contributed by atoms with Crippen LogP contribution >= 0.6 is 0 Å². The van der Waals surface area contributed by atoms with E-state index < -0.39 is 18.5 Å². The molecular formula is C26H23N3O5.